The van der Waals surface area contributed by atoms with Gasteiger partial charge in [0.15, 0.2) is 0 Å². The number of aliphatic hydroxyl groups excluding tert-OH is 2. The van der Waals surface area contributed by atoms with E-state index >= 15 is 0 Å². The molecule has 0 radical (unpaired) electrons. The molecule has 19 heavy (non-hydrogen) atoms. The highest BCUT2D eigenvalue weighted by atomic mass is 32.1. The van der Waals surface area contributed by atoms with Crippen LogP contribution in [0.3, 0.4) is 0 Å². The van der Waals surface area contributed by atoms with Gasteiger partial charge in [-0.25, -0.2) is 0 Å². The van der Waals surface area contributed by atoms with E-state index in [1.165, 1.54) is 0 Å². The van der Waals surface area contributed by atoms with Crippen LogP contribution in [0.15, 0.2) is 60.7 Å². The van der Waals surface area contributed by atoms with Gasteiger partial charge in [0.2, 0.25) is 0 Å². The van der Waals surface area contributed by atoms with Gasteiger partial charge >= 0.3 is 0 Å². The summed E-state index contributed by atoms with van der Waals surface area (Å²) in [6.07, 6.45) is -0.285. The average Bonchev–Trinajstić information content (AvgIpc) is 2.49. The molecule has 2 aromatic rings. The van der Waals surface area contributed by atoms with E-state index in [2.05, 4.69) is 12.6 Å². The molecule has 0 aromatic heterocycles. The minimum absolute atomic E-state index is 0.121. The largest absolute Gasteiger partial charge is 0.395 e. The first-order valence-electron chi connectivity index (χ1n) is 6.27. The molecule has 0 aliphatic rings. The minimum atomic E-state index is -0.740. The maximum absolute atomic E-state index is 10.3. The lowest BCUT2D eigenvalue weighted by atomic mass is 9.90. The minimum Gasteiger partial charge on any atom is -0.395 e. The highest BCUT2D eigenvalue weighted by Gasteiger charge is 2.30. The van der Waals surface area contributed by atoms with Crippen molar-refractivity contribution in [3.8, 4) is 0 Å². The van der Waals surface area contributed by atoms with Crippen LogP contribution >= 0.6 is 12.6 Å². The third-order valence-electron chi connectivity index (χ3n) is 3.29. The summed E-state index contributed by atoms with van der Waals surface area (Å²) in [6, 6.07) is 19.0. The zero-order valence-corrected chi connectivity index (χ0v) is 11.5. The number of hydrogen-bond donors (Lipinski definition) is 3. The summed E-state index contributed by atoms with van der Waals surface area (Å²) < 4.78 is -0.740. The lowest BCUT2D eigenvalue weighted by Gasteiger charge is -2.29. The zero-order valence-electron chi connectivity index (χ0n) is 10.6. The molecular weight excluding hydrogens is 256 g/mol. The summed E-state index contributed by atoms with van der Waals surface area (Å²) in [5.74, 6) is 0. The molecule has 100 valence electrons. The first kappa shape index (κ1) is 14.1. The third-order valence-corrected chi connectivity index (χ3v) is 3.87. The second-order valence-corrected chi connectivity index (χ2v) is 5.54. The van der Waals surface area contributed by atoms with Crippen LogP contribution in [-0.2, 0) is 4.75 Å². The molecule has 2 unspecified atom stereocenters. The Kier molecular flexibility index (Phi) is 4.64. The average molecular weight is 274 g/mol. The molecule has 0 spiro atoms. The van der Waals surface area contributed by atoms with E-state index in [4.69, 9.17) is 0 Å². The van der Waals surface area contributed by atoms with Crippen molar-refractivity contribution in [3.05, 3.63) is 71.8 Å². The van der Waals surface area contributed by atoms with E-state index in [1.54, 1.807) is 0 Å². The Bertz CT molecular complexity index is 501. The van der Waals surface area contributed by atoms with Crippen LogP contribution in [0.25, 0.3) is 0 Å². The molecule has 2 nitrogen and oxygen atoms in total. The molecule has 0 saturated heterocycles. The number of benzene rings is 2. The molecule has 0 bridgehead atoms. The van der Waals surface area contributed by atoms with Crippen molar-refractivity contribution in [2.45, 2.75) is 17.3 Å². The van der Waals surface area contributed by atoms with Crippen molar-refractivity contribution in [1.29, 1.82) is 0 Å². The Morgan fingerprint density at radius 1 is 0.947 bits per heavy atom. The molecule has 0 amide bonds. The van der Waals surface area contributed by atoms with Gasteiger partial charge in [0.05, 0.1) is 17.5 Å². The van der Waals surface area contributed by atoms with Crippen LogP contribution in [0.5, 0.6) is 0 Å². The summed E-state index contributed by atoms with van der Waals surface area (Å²) in [5.41, 5.74) is 1.75. The summed E-state index contributed by atoms with van der Waals surface area (Å²) in [4.78, 5) is 0. The van der Waals surface area contributed by atoms with Crippen molar-refractivity contribution in [3.63, 3.8) is 0 Å². The van der Waals surface area contributed by atoms with Crippen molar-refractivity contribution < 1.29 is 10.2 Å². The fraction of sp³-hybridized carbons (Fsp3) is 0.250. The first-order chi connectivity index (χ1) is 9.15. The van der Waals surface area contributed by atoms with Crippen LogP contribution in [-0.4, -0.2) is 16.8 Å². The first-order valence-corrected chi connectivity index (χ1v) is 6.72. The lowest BCUT2D eigenvalue weighted by Crippen LogP contribution is -2.26. The van der Waals surface area contributed by atoms with Gasteiger partial charge in [0, 0.05) is 0 Å². The van der Waals surface area contributed by atoms with E-state index in [0.717, 1.165) is 11.1 Å². The molecule has 2 rings (SSSR count). The molecule has 2 atom stereocenters. The van der Waals surface area contributed by atoms with E-state index in [-0.39, 0.29) is 6.61 Å². The normalized spacial score (nSPS) is 15.7. The van der Waals surface area contributed by atoms with Gasteiger partial charge in [0.1, 0.15) is 0 Å². The van der Waals surface area contributed by atoms with Crippen LogP contribution in [0.4, 0.5) is 0 Å². The number of hydrogen-bond acceptors (Lipinski definition) is 3. The van der Waals surface area contributed by atoms with E-state index in [1.807, 2.05) is 60.7 Å². The number of rotatable bonds is 5. The number of thiol groups is 1. The zero-order chi connectivity index (χ0) is 13.7. The maximum atomic E-state index is 10.3. The van der Waals surface area contributed by atoms with Gasteiger partial charge in [0.25, 0.3) is 0 Å². The Hall–Kier alpha value is -1.29. The standard InChI is InChI=1S/C16H18O2S/c17-12-16(19,14-9-5-2-6-10-14)11-15(18)13-7-3-1-4-8-13/h1-10,15,17-19H,11-12H2. The van der Waals surface area contributed by atoms with Crippen molar-refractivity contribution in [1.82, 2.24) is 0 Å². The second-order valence-electron chi connectivity index (χ2n) is 4.69. The van der Waals surface area contributed by atoms with Gasteiger partial charge in [-0.2, -0.15) is 12.6 Å². The Balaban J connectivity index is 2.20. The molecular formula is C16H18O2S. The van der Waals surface area contributed by atoms with E-state index in [9.17, 15) is 10.2 Å². The maximum Gasteiger partial charge on any atom is 0.0807 e. The molecule has 0 aliphatic heterocycles. The van der Waals surface area contributed by atoms with E-state index in [0.29, 0.717) is 6.42 Å². The topological polar surface area (TPSA) is 40.5 Å². The third kappa shape index (κ3) is 3.38. The predicted molar refractivity (Wildman–Crippen MR) is 80.2 cm³/mol. The van der Waals surface area contributed by atoms with Gasteiger partial charge in [-0.1, -0.05) is 60.7 Å². The van der Waals surface area contributed by atoms with Crippen LogP contribution in [0.2, 0.25) is 0 Å². The van der Waals surface area contributed by atoms with Crippen molar-refractivity contribution >= 4 is 12.6 Å². The highest BCUT2D eigenvalue weighted by molar-refractivity contribution is 7.81. The lowest BCUT2D eigenvalue weighted by molar-refractivity contribution is 0.130. The summed E-state index contributed by atoms with van der Waals surface area (Å²) in [7, 11) is 0. The van der Waals surface area contributed by atoms with Gasteiger partial charge in [-0.3, -0.25) is 0 Å². The molecule has 0 heterocycles. The van der Waals surface area contributed by atoms with Crippen LogP contribution in [0.1, 0.15) is 23.7 Å². The van der Waals surface area contributed by atoms with Crippen molar-refractivity contribution in [2.24, 2.45) is 0 Å². The van der Waals surface area contributed by atoms with Crippen LogP contribution < -0.4 is 0 Å². The fourth-order valence-electron chi connectivity index (χ4n) is 2.13. The molecule has 0 fully saturated rings. The fourth-order valence-corrected chi connectivity index (χ4v) is 2.46. The van der Waals surface area contributed by atoms with Gasteiger partial charge in [-0.05, 0) is 17.5 Å². The molecule has 2 aromatic carbocycles. The predicted octanol–water partition coefficient (Wildman–Crippen LogP) is 2.93. The highest BCUT2D eigenvalue weighted by Crippen LogP contribution is 2.37. The Labute approximate surface area is 119 Å². The molecule has 3 heteroatoms. The van der Waals surface area contributed by atoms with Crippen LogP contribution in [0, 0.1) is 0 Å². The Morgan fingerprint density at radius 2 is 1.47 bits per heavy atom. The summed E-state index contributed by atoms with van der Waals surface area (Å²) >= 11 is 4.59. The molecule has 0 aliphatic carbocycles. The number of aliphatic hydroxyl groups is 2. The van der Waals surface area contributed by atoms with Crippen molar-refractivity contribution in [2.75, 3.05) is 6.61 Å². The monoisotopic (exact) mass is 274 g/mol. The summed E-state index contributed by atoms with van der Waals surface area (Å²) in [5, 5.41) is 19.9. The SMILES string of the molecule is OCC(S)(CC(O)c1ccccc1)c1ccccc1. The quantitative estimate of drug-likeness (QED) is 0.734. The van der Waals surface area contributed by atoms with Gasteiger partial charge < -0.3 is 10.2 Å². The van der Waals surface area contributed by atoms with Gasteiger partial charge in [-0.15, -0.1) is 0 Å². The Morgan fingerprint density at radius 3 is 2.00 bits per heavy atom. The summed E-state index contributed by atoms with van der Waals surface area (Å²) in [6.45, 7) is -0.121. The smallest absolute Gasteiger partial charge is 0.0807 e. The van der Waals surface area contributed by atoms with E-state index < -0.39 is 10.9 Å². The second kappa shape index (κ2) is 6.24. The molecule has 0 saturated carbocycles. The molecule has 2 N–H and O–H groups in total.